The van der Waals surface area contributed by atoms with E-state index in [0.717, 1.165) is 25.7 Å². The fourth-order valence-corrected chi connectivity index (χ4v) is 4.52. The molecular weight excluding hydrogens is 292 g/mol. The van der Waals surface area contributed by atoms with Crippen molar-refractivity contribution >= 4 is 10.0 Å². The Balaban J connectivity index is 2.20. The van der Waals surface area contributed by atoms with E-state index < -0.39 is 16.6 Å². The number of hydrogen-bond acceptors (Lipinski definition) is 5. The summed E-state index contributed by atoms with van der Waals surface area (Å²) in [5.74, 6) is 0. The van der Waals surface area contributed by atoms with E-state index in [1.165, 1.54) is 0 Å². The molecule has 3 N–H and O–H groups in total. The van der Waals surface area contributed by atoms with Gasteiger partial charge in [0.1, 0.15) is 10.6 Å². The highest BCUT2D eigenvalue weighted by molar-refractivity contribution is 7.89. The highest BCUT2D eigenvalue weighted by Gasteiger charge is 2.37. The topological polar surface area (TPSA) is 98.3 Å². The molecule has 8 heteroatoms. The Labute approximate surface area is 125 Å². The van der Waals surface area contributed by atoms with Crippen LogP contribution in [0.5, 0.6) is 0 Å². The molecule has 1 aliphatic rings. The zero-order chi connectivity index (χ0) is 15.7. The fraction of sp³-hybridized carbons (Fsp3) is 0.769. The van der Waals surface area contributed by atoms with E-state index in [1.54, 1.807) is 6.92 Å². The first-order chi connectivity index (χ1) is 9.82. The second-order valence-corrected chi connectivity index (χ2v) is 7.64. The Kier molecular flexibility index (Phi) is 4.72. The number of nitrogens with zero attached hydrogens (tertiary/aromatic N) is 2. The molecule has 1 aromatic heterocycles. The molecule has 0 amide bonds. The van der Waals surface area contributed by atoms with Crippen LogP contribution in [0.25, 0.3) is 0 Å². The van der Waals surface area contributed by atoms with Gasteiger partial charge in [0.2, 0.25) is 10.0 Å². The van der Waals surface area contributed by atoms with Crippen LogP contribution < -0.4 is 4.72 Å². The first-order valence-corrected chi connectivity index (χ1v) is 8.62. The molecule has 1 aliphatic carbocycles. The molecule has 0 bridgehead atoms. The summed E-state index contributed by atoms with van der Waals surface area (Å²) in [6, 6.07) is 0. The number of sulfonamides is 1. The third-order valence-electron chi connectivity index (χ3n) is 4.45. The number of hydrogen-bond donors (Lipinski definition) is 3. The molecule has 0 atom stereocenters. The quantitative estimate of drug-likeness (QED) is 0.704. The van der Waals surface area contributed by atoms with Gasteiger partial charge in [-0.2, -0.15) is 5.10 Å². The first kappa shape index (κ1) is 16.4. The molecule has 0 saturated heterocycles. The molecule has 21 heavy (non-hydrogen) atoms. The minimum absolute atomic E-state index is 0.0666. The Morgan fingerprint density at radius 2 is 2.00 bits per heavy atom. The van der Waals surface area contributed by atoms with Crippen LogP contribution in [0.15, 0.2) is 4.90 Å². The highest BCUT2D eigenvalue weighted by Crippen LogP contribution is 2.33. The van der Waals surface area contributed by atoms with Gasteiger partial charge in [0.05, 0.1) is 12.3 Å². The maximum atomic E-state index is 12.5. The number of aryl methyl sites for hydroxylation is 1. The Morgan fingerprint density at radius 3 is 2.52 bits per heavy atom. The summed E-state index contributed by atoms with van der Waals surface area (Å²) in [5, 5.41) is 15.7. The molecule has 0 spiro atoms. The van der Waals surface area contributed by atoms with Crippen LogP contribution in [0.1, 0.15) is 37.1 Å². The zero-order valence-electron chi connectivity index (χ0n) is 12.8. The Hall–Kier alpha value is -0.960. The van der Waals surface area contributed by atoms with Gasteiger partial charge in [-0.05, 0) is 33.9 Å². The Bertz CT molecular complexity index is 589. The maximum absolute atomic E-state index is 12.5. The average Bonchev–Trinajstić information content (AvgIpc) is 3.03. The van der Waals surface area contributed by atoms with Gasteiger partial charge in [-0.15, -0.1) is 0 Å². The summed E-state index contributed by atoms with van der Waals surface area (Å²) in [6.45, 7) is 1.61. The van der Waals surface area contributed by atoms with Crippen LogP contribution in [0.2, 0.25) is 0 Å². The van der Waals surface area contributed by atoms with E-state index in [9.17, 15) is 13.5 Å². The van der Waals surface area contributed by atoms with Crippen molar-refractivity contribution in [1.29, 1.82) is 0 Å². The average molecular weight is 316 g/mol. The number of nitrogens with one attached hydrogen (secondary N) is 2. The van der Waals surface area contributed by atoms with Crippen molar-refractivity contribution in [3.8, 4) is 0 Å². The van der Waals surface area contributed by atoms with Crippen molar-refractivity contribution in [2.24, 2.45) is 0 Å². The monoisotopic (exact) mass is 316 g/mol. The third-order valence-corrected chi connectivity index (χ3v) is 6.06. The van der Waals surface area contributed by atoms with Crippen molar-refractivity contribution in [3.05, 3.63) is 11.4 Å². The summed E-state index contributed by atoms with van der Waals surface area (Å²) in [7, 11) is 0.296. The predicted octanol–water partition coefficient (Wildman–Crippen LogP) is 0.363. The lowest BCUT2D eigenvalue weighted by Crippen LogP contribution is -2.50. The number of rotatable bonds is 6. The minimum Gasteiger partial charge on any atom is -0.390 e. The number of aromatic amines is 1. The molecule has 1 saturated carbocycles. The van der Waals surface area contributed by atoms with E-state index in [1.807, 2.05) is 14.1 Å². The minimum atomic E-state index is -3.68. The molecule has 0 aliphatic heterocycles. The Morgan fingerprint density at radius 1 is 1.38 bits per heavy atom. The van der Waals surface area contributed by atoms with Crippen LogP contribution in [-0.2, 0) is 16.6 Å². The standard InChI is InChI=1S/C13H24N4O3S/c1-10-12(11(8-18)16-15-10)21(19,20)14-9-13(17(2)3)6-4-5-7-13/h14,18H,4-9H2,1-3H3,(H,15,16). The van der Waals surface area contributed by atoms with Gasteiger partial charge in [-0.3, -0.25) is 5.10 Å². The highest BCUT2D eigenvalue weighted by atomic mass is 32.2. The van der Waals surface area contributed by atoms with Crippen molar-refractivity contribution < 1.29 is 13.5 Å². The van der Waals surface area contributed by atoms with Gasteiger partial charge < -0.3 is 10.0 Å². The van der Waals surface area contributed by atoms with Crippen molar-refractivity contribution in [1.82, 2.24) is 19.8 Å². The summed E-state index contributed by atoms with van der Waals surface area (Å²) in [5.41, 5.74) is 0.478. The maximum Gasteiger partial charge on any atom is 0.244 e. The van der Waals surface area contributed by atoms with Gasteiger partial charge in [0, 0.05) is 12.1 Å². The molecule has 2 rings (SSSR count). The second kappa shape index (κ2) is 6.04. The fourth-order valence-electron chi connectivity index (χ4n) is 3.05. The number of H-pyrrole nitrogens is 1. The van der Waals surface area contributed by atoms with E-state index in [4.69, 9.17) is 0 Å². The molecule has 0 radical (unpaired) electrons. The van der Waals surface area contributed by atoms with Gasteiger partial charge in [0.15, 0.2) is 0 Å². The van der Waals surface area contributed by atoms with Crippen LogP contribution in [-0.4, -0.2) is 54.8 Å². The summed E-state index contributed by atoms with van der Waals surface area (Å²) >= 11 is 0. The van der Waals surface area contributed by atoms with Crippen molar-refractivity contribution in [3.63, 3.8) is 0 Å². The van der Waals surface area contributed by atoms with Crippen LogP contribution >= 0.6 is 0 Å². The largest absolute Gasteiger partial charge is 0.390 e. The van der Waals surface area contributed by atoms with Crippen molar-refractivity contribution in [2.45, 2.75) is 49.6 Å². The predicted molar refractivity (Wildman–Crippen MR) is 79.3 cm³/mol. The smallest absolute Gasteiger partial charge is 0.244 e. The second-order valence-electron chi connectivity index (χ2n) is 5.93. The SMILES string of the molecule is Cc1[nH]nc(CO)c1S(=O)(=O)NCC1(N(C)C)CCCC1. The van der Waals surface area contributed by atoms with Crippen LogP contribution in [0.3, 0.4) is 0 Å². The summed E-state index contributed by atoms with van der Waals surface area (Å²) in [6.07, 6.45) is 4.21. The molecule has 7 nitrogen and oxygen atoms in total. The van der Waals surface area contributed by atoms with Crippen LogP contribution in [0, 0.1) is 6.92 Å². The zero-order valence-corrected chi connectivity index (χ0v) is 13.6. The number of aliphatic hydroxyl groups is 1. The first-order valence-electron chi connectivity index (χ1n) is 7.14. The number of aliphatic hydroxyl groups excluding tert-OH is 1. The lowest BCUT2D eigenvalue weighted by atomic mass is 9.97. The van der Waals surface area contributed by atoms with Gasteiger partial charge in [-0.25, -0.2) is 13.1 Å². The van der Waals surface area contributed by atoms with E-state index in [0.29, 0.717) is 12.2 Å². The van der Waals surface area contributed by atoms with E-state index in [-0.39, 0.29) is 16.1 Å². The molecule has 0 unspecified atom stereocenters. The summed E-state index contributed by atoms with van der Waals surface area (Å²) in [4.78, 5) is 2.18. The lowest BCUT2D eigenvalue weighted by molar-refractivity contribution is 0.162. The molecule has 1 heterocycles. The summed E-state index contributed by atoms with van der Waals surface area (Å²) < 4.78 is 27.7. The molecule has 1 fully saturated rings. The van der Waals surface area contributed by atoms with Gasteiger partial charge in [0.25, 0.3) is 0 Å². The van der Waals surface area contributed by atoms with E-state index in [2.05, 4.69) is 19.8 Å². The van der Waals surface area contributed by atoms with Crippen LogP contribution in [0.4, 0.5) is 0 Å². The number of aromatic nitrogens is 2. The van der Waals surface area contributed by atoms with Gasteiger partial charge >= 0.3 is 0 Å². The van der Waals surface area contributed by atoms with Gasteiger partial charge in [-0.1, -0.05) is 12.8 Å². The molecular formula is C13H24N4O3S. The normalized spacial score (nSPS) is 18.5. The molecule has 0 aromatic carbocycles. The van der Waals surface area contributed by atoms with Crippen molar-refractivity contribution in [2.75, 3.05) is 20.6 Å². The molecule has 1 aromatic rings. The third kappa shape index (κ3) is 3.13. The molecule has 120 valence electrons. The lowest BCUT2D eigenvalue weighted by Gasteiger charge is -2.36. The number of likely N-dealkylation sites (N-methyl/N-ethyl adjacent to an activating group) is 1. The van der Waals surface area contributed by atoms with E-state index >= 15 is 0 Å².